The van der Waals surface area contributed by atoms with Crippen LogP contribution in [0.2, 0.25) is 0 Å². The van der Waals surface area contributed by atoms with Crippen molar-refractivity contribution < 1.29 is 58.8 Å². The maximum atomic E-state index is 14.1. The Hall–Kier alpha value is -5.60. The number of nitrogens with two attached hydrogens (primary N) is 1. The molecular formula is C38H56N8O12. The molecule has 1 aromatic heterocycles. The molecule has 20 nitrogen and oxygen atoms in total. The number of aliphatic hydroxyl groups is 2. The van der Waals surface area contributed by atoms with E-state index in [0.29, 0.717) is 12.0 Å². The van der Waals surface area contributed by atoms with E-state index in [9.17, 15) is 53.7 Å². The zero-order valence-electron chi connectivity index (χ0n) is 33.2. The smallest absolute Gasteiger partial charge is 0.326 e. The van der Waals surface area contributed by atoms with Crippen LogP contribution in [0, 0.1) is 11.8 Å². The molecule has 2 aromatic rings. The van der Waals surface area contributed by atoms with Gasteiger partial charge >= 0.3 is 11.9 Å². The number of H-pyrrole nitrogens is 1. The van der Waals surface area contributed by atoms with Gasteiger partial charge in [0.1, 0.15) is 42.3 Å². The van der Waals surface area contributed by atoms with Crippen molar-refractivity contribution >= 4 is 58.3 Å². The molecule has 0 bridgehead atoms. The highest BCUT2D eigenvalue weighted by Crippen LogP contribution is 2.22. The van der Waals surface area contributed by atoms with Gasteiger partial charge in [-0.1, -0.05) is 45.9 Å². The van der Waals surface area contributed by atoms with Gasteiger partial charge in [-0.05, 0) is 49.7 Å². The first-order valence-electron chi connectivity index (χ1n) is 19.1. The van der Waals surface area contributed by atoms with Crippen LogP contribution in [0.1, 0.15) is 65.9 Å². The summed E-state index contributed by atoms with van der Waals surface area (Å²) < 4.78 is 0. The lowest BCUT2D eigenvalue weighted by molar-refractivity contribution is -0.147. The molecule has 1 fully saturated rings. The van der Waals surface area contributed by atoms with Crippen molar-refractivity contribution in [3.63, 3.8) is 0 Å². The summed E-state index contributed by atoms with van der Waals surface area (Å²) in [5, 5.41) is 51.6. The lowest BCUT2D eigenvalue weighted by Gasteiger charge is -2.32. The highest BCUT2D eigenvalue weighted by molar-refractivity contribution is 5.98. The van der Waals surface area contributed by atoms with E-state index in [-0.39, 0.29) is 31.7 Å². The molecule has 1 aliphatic heterocycles. The van der Waals surface area contributed by atoms with Gasteiger partial charge in [0.2, 0.25) is 35.4 Å². The Morgan fingerprint density at radius 3 is 2.02 bits per heavy atom. The lowest BCUT2D eigenvalue weighted by Crippen LogP contribution is -2.61. The van der Waals surface area contributed by atoms with E-state index in [4.69, 9.17) is 10.8 Å². The number of carboxylic acid groups (broad SMARTS) is 2. The van der Waals surface area contributed by atoms with E-state index in [0.717, 1.165) is 10.9 Å². The van der Waals surface area contributed by atoms with E-state index in [2.05, 4.69) is 31.6 Å². The first kappa shape index (κ1) is 46.8. The molecule has 1 aliphatic rings. The lowest BCUT2D eigenvalue weighted by atomic mass is 10.0. The number of aromatic nitrogens is 1. The Bertz CT molecular complexity index is 1810. The van der Waals surface area contributed by atoms with Crippen molar-refractivity contribution in [3.8, 4) is 0 Å². The van der Waals surface area contributed by atoms with Crippen LogP contribution >= 0.6 is 0 Å². The number of carbonyl (C=O) groups excluding carboxylic acids is 6. The molecule has 0 saturated carbocycles. The first-order valence-corrected chi connectivity index (χ1v) is 19.1. The quantitative estimate of drug-likeness (QED) is 0.0656. The van der Waals surface area contributed by atoms with Crippen molar-refractivity contribution in [1.82, 2.24) is 36.5 Å². The number of nitrogens with zero attached hydrogens (tertiary/aromatic N) is 1. The minimum Gasteiger partial charge on any atom is -0.481 e. The Balaban J connectivity index is 1.78. The molecule has 0 aliphatic carbocycles. The molecule has 0 radical (unpaired) electrons. The molecule has 320 valence electrons. The average Bonchev–Trinajstić information content (AvgIpc) is 3.81. The van der Waals surface area contributed by atoms with Gasteiger partial charge in [0.25, 0.3) is 0 Å². The second-order valence-electron chi connectivity index (χ2n) is 15.2. The summed E-state index contributed by atoms with van der Waals surface area (Å²) in [6.45, 7) is 7.28. The van der Waals surface area contributed by atoms with Crippen molar-refractivity contribution in [2.45, 2.75) is 115 Å². The SMILES string of the molecule is CC(C)C[C@H](NC(=O)[C@H](CO)NC(=O)[C@H](Cc1c[nH]c2ccccc12)NC(=O)[C@@H](N)[C@@H](C)O)C(=O)N1CCC[C@H]1C(=O)N[C@H](C(=O)N[C@@H](CC(=O)O)C(=O)O)C(C)C. The number of rotatable bonds is 21. The van der Waals surface area contributed by atoms with Crippen LogP contribution in [-0.4, -0.2) is 139 Å². The molecule has 3 rings (SSSR count). The molecule has 6 amide bonds. The van der Waals surface area contributed by atoms with Gasteiger partial charge in [-0.15, -0.1) is 0 Å². The Morgan fingerprint density at radius 2 is 1.43 bits per heavy atom. The second-order valence-corrected chi connectivity index (χ2v) is 15.2. The number of aliphatic hydroxyl groups excluding tert-OH is 2. The van der Waals surface area contributed by atoms with Gasteiger partial charge in [-0.2, -0.15) is 0 Å². The van der Waals surface area contributed by atoms with Gasteiger partial charge in [-0.3, -0.25) is 33.6 Å². The number of aliphatic carboxylic acids is 2. The third-order valence-electron chi connectivity index (χ3n) is 9.77. The fraction of sp³-hybridized carbons (Fsp3) is 0.579. The van der Waals surface area contributed by atoms with Crippen LogP contribution in [-0.2, 0) is 44.8 Å². The van der Waals surface area contributed by atoms with E-state index < -0.39 is 115 Å². The topological polar surface area (TPSA) is 323 Å². The fourth-order valence-corrected chi connectivity index (χ4v) is 6.57. The molecule has 1 aromatic carbocycles. The molecule has 0 spiro atoms. The number of carbonyl (C=O) groups is 8. The van der Waals surface area contributed by atoms with Gasteiger partial charge < -0.3 is 62.6 Å². The summed E-state index contributed by atoms with van der Waals surface area (Å²) in [7, 11) is 0. The standard InChI is InChI=1S/C38H56N8O12/c1-18(2)13-25(37(56)46-12-8-11-28(46)34(53)45-31(19(3)4)36(55)43-26(38(57)58)15-29(49)50)42-33(52)27(17-47)44-32(51)24(41-35(54)30(39)20(5)48)14-21-16-40-23-10-7-6-9-22(21)23/h6-7,9-10,16,18-20,24-28,30-31,40,47-48H,8,11-15,17,39H2,1-5H3,(H,41,54)(H,42,52)(H,43,55)(H,44,51)(H,45,53)(H,49,50)(H,57,58)/t20-,24+,25+,26+,27+,28+,30+,31+/m1/s1. The van der Waals surface area contributed by atoms with Crippen molar-refractivity contribution in [1.29, 1.82) is 0 Å². The van der Waals surface area contributed by atoms with Gasteiger partial charge in [0.15, 0.2) is 0 Å². The average molecular weight is 817 g/mol. The number of nitrogens with one attached hydrogen (secondary N) is 6. The number of hydrogen-bond donors (Lipinski definition) is 11. The van der Waals surface area contributed by atoms with E-state index in [1.54, 1.807) is 40.0 Å². The maximum absolute atomic E-state index is 14.1. The number of hydrogen-bond acceptors (Lipinski definition) is 11. The van der Waals surface area contributed by atoms with E-state index in [1.807, 2.05) is 18.2 Å². The van der Waals surface area contributed by atoms with Crippen LogP contribution in [0.5, 0.6) is 0 Å². The van der Waals surface area contributed by atoms with Crippen molar-refractivity contribution in [2.75, 3.05) is 13.2 Å². The minimum atomic E-state index is -1.75. The number of carboxylic acids is 2. The monoisotopic (exact) mass is 816 g/mol. The second kappa shape index (κ2) is 21.2. The van der Waals surface area contributed by atoms with Crippen LogP contribution in [0.25, 0.3) is 10.9 Å². The van der Waals surface area contributed by atoms with E-state index >= 15 is 0 Å². The Kier molecular flexibility index (Phi) is 17.1. The molecule has 2 heterocycles. The van der Waals surface area contributed by atoms with Crippen LogP contribution in [0.3, 0.4) is 0 Å². The number of benzene rings is 1. The number of para-hydroxylation sites is 1. The summed E-state index contributed by atoms with van der Waals surface area (Å²) in [4.78, 5) is 108. The third kappa shape index (κ3) is 12.7. The maximum Gasteiger partial charge on any atom is 0.326 e. The van der Waals surface area contributed by atoms with Gasteiger partial charge in [-0.25, -0.2) is 4.79 Å². The van der Waals surface area contributed by atoms with Crippen LogP contribution in [0.4, 0.5) is 0 Å². The predicted octanol–water partition coefficient (Wildman–Crippen LogP) is -1.91. The first-order chi connectivity index (χ1) is 27.2. The van der Waals surface area contributed by atoms with Crippen molar-refractivity contribution in [2.24, 2.45) is 17.6 Å². The number of aromatic amines is 1. The molecule has 12 N–H and O–H groups in total. The number of amides is 6. The molecular weight excluding hydrogens is 760 g/mol. The van der Waals surface area contributed by atoms with Crippen LogP contribution in [0.15, 0.2) is 30.5 Å². The fourth-order valence-electron chi connectivity index (χ4n) is 6.57. The normalized spacial score (nSPS) is 17.7. The largest absolute Gasteiger partial charge is 0.481 e. The van der Waals surface area contributed by atoms with Gasteiger partial charge in [0, 0.05) is 30.1 Å². The third-order valence-corrected chi connectivity index (χ3v) is 9.77. The molecule has 8 atom stereocenters. The highest BCUT2D eigenvalue weighted by atomic mass is 16.4. The molecule has 20 heteroatoms. The highest BCUT2D eigenvalue weighted by Gasteiger charge is 2.41. The summed E-state index contributed by atoms with van der Waals surface area (Å²) in [5.74, 6) is -8.70. The summed E-state index contributed by atoms with van der Waals surface area (Å²) in [6.07, 6.45) is 0.128. The summed E-state index contributed by atoms with van der Waals surface area (Å²) in [6, 6.07) is -2.41. The Labute approximate surface area is 335 Å². The molecule has 0 unspecified atom stereocenters. The van der Waals surface area contributed by atoms with Gasteiger partial charge in [0.05, 0.1) is 19.1 Å². The van der Waals surface area contributed by atoms with Crippen molar-refractivity contribution in [3.05, 3.63) is 36.0 Å². The molecule has 1 saturated heterocycles. The zero-order chi connectivity index (χ0) is 43.4. The van der Waals surface area contributed by atoms with E-state index in [1.165, 1.54) is 11.8 Å². The minimum absolute atomic E-state index is 0.0669. The number of likely N-dealkylation sites (tertiary alicyclic amines) is 1. The van der Waals surface area contributed by atoms with Crippen LogP contribution < -0.4 is 32.3 Å². The predicted molar refractivity (Wildman–Crippen MR) is 207 cm³/mol. The molecule has 58 heavy (non-hydrogen) atoms. The summed E-state index contributed by atoms with van der Waals surface area (Å²) in [5.41, 5.74) is 7.23. The zero-order valence-corrected chi connectivity index (χ0v) is 33.2. The Morgan fingerprint density at radius 1 is 0.828 bits per heavy atom. The number of fused-ring (bicyclic) bond motifs is 1. The summed E-state index contributed by atoms with van der Waals surface area (Å²) >= 11 is 0.